The number of piperazine rings is 1. The summed E-state index contributed by atoms with van der Waals surface area (Å²) >= 11 is 0. The van der Waals surface area contributed by atoms with Gasteiger partial charge in [-0.2, -0.15) is 10.4 Å². The van der Waals surface area contributed by atoms with Crippen LogP contribution in [0.25, 0.3) is 16.6 Å². The van der Waals surface area contributed by atoms with E-state index in [9.17, 15) is 5.26 Å². The largest absolute Gasteiger partial charge is 0.481 e. The van der Waals surface area contributed by atoms with Gasteiger partial charge >= 0.3 is 0 Å². The van der Waals surface area contributed by atoms with Gasteiger partial charge in [0.2, 0.25) is 5.88 Å². The summed E-state index contributed by atoms with van der Waals surface area (Å²) in [6.45, 7) is 1.88. The second-order valence-electron chi connectivity index (χ2n) is 8.91. The van der Waals surface area contributed by atoms with Crippen LogP contribution in [0.1, 0.15) is 17.5 Å². The van der Waals surface area contributed by atoms with E-state index >= 15 is 0 Å². The first kappa shape index (κ1) is 19.7. The van der Waals surface area contributed by atoms with E-state index in [0.717, 1.165) is 42.0 Å². The van der Waals surface area contributed by atoms with E-state index in [1.165, 1.54) is 12.0 Å². The fourth-order valence-corrected chi connectivity index (χ4v) is 5.17. The first-order valence-corrected chi connectivity index (χ1v) is 11.0. The Morgan fingerprint density at radius 1 is 1.12 bits per heavy atom. The molecule has 8 nitrogen and oxygen atoms in total. The summed E-state index contributed by atoms with van der Waals surface area (Å²) in [6, 6.07) is 14.8. The van der Waals surface area contributed by atoms with Gasteiger partial charge in [-0.25, -0.2) is 14.5 Å². The van der Waals surface area contributed by atoms with Gasteiger partial charge in [0.1, 0.15) is 11.9 Å². The standard InChI is InChI=1S/C25H23N7O/c1-33-24-7-2-17(11-28-24)8-25-9-21(30-25)15-31(16-25)23-6-4-18(12-27-23)19-3-5-22-20(10-26)13-29-32(22)14-19/h2-7,11-14,21,30H,8-9,15-16H2,1H3. The molecule has 2 atom stereocenters. The smallest absolute Gasteiger partial charge is 0.212 e. The number of methoxy groups -OCH3 is 1. The van der Waals surface area contributed by atoms with Crippen LogP contribution in [0.5, 0.6) is 5.88 Å². The molecule has 3 saturated heterocycles. The van der Waals surface area contributed by atoms with Crippen molar-refractivity contribution in [1.29, 1.82) is 5.26 Å². The van der Waals surface area contributed by atoms with Gasteiger partial charge in [-0.3, -0.25) is 0 Å². The number of nitriles is 1. The van der Waals surface area contributed by atoms with E-state index in [1.54, 1.807) is 17.8 Å². The summed E-state index contributed by atoms with van der Waals surface area (Å²) in [7, 11) is 1.64. The van der Waals surface area contributed by atoms with E-state index in [2.05, 4.69) is 44.6 Å². The maximum Gasteiger partial charge on any atom is 0.212 e. The first-order valence-electron chi connectivity index (χ1n) is 11.0. The molecular formula is C25H23N7O. The first-order chi connectivity index (χ1) is 16.1. The number of hydrogen-bond donors (Lipinski definition) is 1. The number of rotatable bonds is 5. The predicted molar refractivity (Wildman–Crippen MR) is 124 cm³/mol. The van der Waals surface area contributed by atoms with Gasteiger partial charge in [0.15, 0.2) is 0 Å². The maximum atomic E-state index is 9.18. The molecule has 3 aliphatic rings. The van der Waals surface area contributed by atoms with E-state index in [0.29, 0.717) is 17.5 Å². The lowest BCUT2D eigenvalue weighted by Gasteiger charge is -2.58. The van der Waals surface area contributed by atoms with Crippen molar-refractivity contribution >= 4 is 11.3 Å². The summed E-state index contributed by atoms with van der Waals surface area (Å²) in [5, 5.41) is 17.2. The van der Waals surface area contributed by atoms with E-state index in [1.807, 2.05) is 36.8 Å². The molecule has 8 heteroatoms. The lowest BCUT2D eigenvalue weighted by atomic mass is 9.73. The number of aromatic nitrogens is 4. The molecule has 2 unspecified atom stereocenters. The van der Waals surface area contributed by atoms with Gasteiger partial charge in [0.25, 0.3) is 0 Å². The number of fused-ring (bicyclic) bond motifs is 3. The highest BCUT2D eigenvalue weighted by Crippen LogP contribution is 2.36. The molecule has 0 amide bonds. The van der Waals surface area contributed by atoms with Gasteiger partial charge in [-0.15, -0.1) is 0 Å². The van der Waals surface area contributed by atoms with E-state index in [4.69, 9.17) is 9.72 Å². The number of nitrogens with one attached hydrogen (secondary N) is 1. The highest BCUT2D eigenvalue weighted by atomic mass is 16.5. The third-order valence-electron chi connectivity index (χ3n) is 6.67. The van der Waals surface area contributed by atoms with E-state index < -0.39 is 0 Å². The van der Waals surface area contributed by atoms with Crippen molar-refractivity contribution in [1.82, 2.24) is 24.9 Å². The second-order valence-corrected chi connectivity index (χ2v) is 8.91. The number of nitrogens with zero attached hydrogens (tertiary/aromatic N) is 6. The fourth-order valence-electron chi connectivity index (χ4n) is 5.17. The highest BCUT2D eigenvalue weighted by molar-refractivity contribution is 5.68. The normalized spacial score (nSPS) is 21.5. The summed E-state index contributed by atoms with van der Waals surface area (Å²) in [4.78, 5) is 11.5. The topological polar surface area (TPSA) is 91.4 Å². The van der Waals surface area contributed by atoms with Crippen LogP contribution in [0.2, 0.25) is 0 Å². The molecule has 4 aromatic rings. The quantitative estimate of drug-likeness (QED) is 0.513. The average molecular weight is 438 g/mol. The van der Waals surface area contributed by atoms with Gasteiger partial charge in [-0.1, -0.05) is 12.1 Å². The van der Waals surface area contributed by atoms with Crippen LogP contribution in [-0.2, 0) is 6.42 Å². The number of piperidine rings is 1. The van der Waals surface area contributed by atoms with Gasteiger partial charge < -0.3 is 15.0 Å². The second kappa shape index (κ2) is 7.57. The third kappa shape index (κ3) is 3.47. The van der Waals surface area contributed by atoms with Crippen LogP contribution in [-0.4, -0.2) is 51.4 Å². The van der Waals surface area contributed by atoms with Crippen molar-refractivity contribution in [2.45, 2.75) is 24.4 Å². The molecule has 4 aromatic heterocycles. The maximum absolute atomic E-state index is 9.18. The van der Waals surface area contributed by atoms with E-state index in [-0.39, 0.29) is 5.54 Å². The zero-order valence-corrected chi connectivity index (χ0v) is 18.3. The Balaban J connectivity index is 1.19. The van der Waals surface area contributed by atoms with Crippen molar-refractivity contribution in [3.8, 4) is 23.1 Å². The SMILES string of the molecule is COc1ccc(CC23CC(CN(c4ccc(-c5ccc6c(C#N)cnn6c5)cn4)C2)N3)cn1. The predicted octanol–water partition coefficient (Wildman–Crippen LogP) is 2.83. The Morgan fingerprint density at radius 2 is 2.00 bits per heavy atom. The number of anilines is 1. The minimum atomic E-state index is 0.0586. The molecule has 0 saturated carbocycles. The van der Waals surface area contributed by atoms with Gasteiger partial charge in [-0.05, 0) is 36.6 Å². The molecule has 0 radical (unpaired) electrons. The zero-order valence-electron chi connectivity index (χ0n) is 18.3. The molecular weight excluding hydrogens is 414 g/mol. The molecule has 1 N–H and O–H groups in total. The van der Waals surface area contributed by atoms with Crippen LogP contribution in [0.3, 0.4) is 0 Å². The number of ether oxygens (including phenoxy) is 1. The Morgan fingerprint density at radius 3 is 2.73 bits per heavy atom. The molecule has 7 rings (SSSR count). The van der Waals surface area contributed by atoms with Crippen molar-refractivity contribution in [3.05, 3.63) is 72.3 Å². The summed E-state index contributed by atoms with van der Waals surface area (Å²) in [6.07, 6.45) is 9.45. The van der Waals surface area contributed by atoms with Crippen LogP contribution in [0.4, 0.5) is 5.82 Å². The lowest BCUT2D eigenvalue weighted by Crippen LogP contribution is -2.76. The molecule has 7 heterocycles. The van der Waals surface area contributed by atoms with Crippen molar-refractivity contribution in [2.24, 2.45) is 0 Å². The Hall–Kier alpha value is -3.96. The van der Waals surface area contributed by atoms with Crippen LogP contribution in [0, 0.1) is 11.3 Å². The minimum absolute atomic E-state index is 0.0586. The minimum Gasteiger partial charge on any atom is -0.481 e. The molecule has 3 aliphatic heterocycles. The average Bonchev–Trinajstić information content (AvgIpc) is 3.26. The third-order valence-corrected chi connectivity index (χ3v) is 6.67. The van der Waals surface area contributed by atoms with Gasteiger partial charge in [0, 0.05) is 60.5 Å². The van der Waals surface area contributed by atoms with Crippen molar-refractivity contribution in [2.75, 3.05) is 25.1 Å². The number of hydrogen-bond acceptors (Lipinski definition) is 7. The van der Waals surface area contributed by atoms with Crippen LogP contribution in [0.15, 0.2) is 61.2 Å². The lowest BCUT2D eigenvalue weighted by molar-refractivity contribution is 0.107. The molecule has 0 spiro atoms. The van der Waals surface area contributed by atoms with Crippen molar-refractivity contribution in [3.63, 3.8) is 0 Å². The summed E-state index contributed by atoms with van der Waals surface area (Å²) in [5.41, 5.74) is 4.69. The van der Waals surface area contributed by atoms with Crippen molar-refractivity contribution < 1.29 is 4.74 Å². The molecule has 164 valence electrons. The molecule has 3 fully saturated rings. The summed E-state index contributed by atoms with van der Waals surface area (Å²) in [5.74, 6) is 1.64. The Labute approximate surface area is 191 Å². The van der Waals surface area contributed by atoms with Crippen LogP contribution >= 0.6 is 0 Å². The van der Waals surface area contributed by atoms with Gasteiger partial charge in [0.05, 0.1) is 24.4 Å². The zero-order chi connectivity index (χ0) is 22.4. The molecule has 2 bridgehead atoms. The monoisotopic (exact) mass is 437 g/mol. The molecule has 0 aromatic carbocycles. The fraction of sp³-hybridized carbons (Fsp3) is 0.280. The highest BCUT2D eigenvalue weighted by Gasteiger charge is 2.49. The summed E-state index contributed by atoms with van der Waals surface area (Å²) < 4.78 is 6.92. The number of pyridine rings is 3. The Bertz CT molecular complexity index is 1350. The molecule has 0 aliphatic carbocycles. The Kier molecular flexibility index (Phi) is 4.52. The molecule has 33 heavy (non-hydrogen) atoms. The van der Waals surface area contributed by atoms with Crippen LogP contribution < -0.4 is 15.0 Å².